The highest BCUT2D eigenvalue weighted by molar-refractivity contribution is 9.10. The van der Waals surface area contributed by atoms with Crippen LogP contribution in [0.15, 0.2) is 39.2 Å². The first-order valence-electron chi connectivity index (χ1n) is 5.24. The Morgan fingerprint density at radius 3 is 2.76 bits per heavy atom. The van der Waals surface area contributed by atoms with E-state index in [2.05, 4.69) is 15.9 Å². The number of benzene rings is 1. The molecule has 0 bridgehead atoms. The van der Waals surface area contributed by atoms with E-state index in [4.69, 9.17) is 4.42 Å². The highest BCUT2D eigenvalue weighted by atomic mass is 79.9. The molecule has 1 heterocycles. The van der Waals surface area contributed by atoms with Gasteiger partial charge in [0.05, 0.1) is 0 Å². The number of hydrogen-bond donors (Lipinski definition) is 1. The summed E-state index contributed by atoms with van der Waals surface area (Å²) in [4.78, 5) is 0. The van der Waals surface area contributed by atoms with Crippen molar-refractivity contribution < 1.29 is 13.9 Å². The van der Waals surface area contributed by atoms with Crippen molar-refractivity contribution in [3.05, 3.63) is 57.7 Å². The third-order valence-electron chi connectivity index (χ3n) is 2.51. The van der Waals surface area contributed by atoms with E-state index in [1.807, 2.05) is 6.92 Å². The lowest BCUT2D eigenvalue weighted by Crippen LogP contribution is -2.01. The van der Waals surface area contributed by atoms with E-state index in [-0.39, 0.29) is 5.82 Å². The predicted molar refractivity (Wildman–Crippen MR) is 66.2 cm³/mol. The molecular formula is C13H12BrFO2. The van der Waals surface area contributed by atoms with Crippen LogP contribution in [0.1, 0.15) is 23.2 Å². The Labute approximate surface area is 107 Å². The second-order valence-electron chi connectivity index (χ2n) is 3.90. The summed E-state index contributed by atoms with van der Waals surface area (Å²) < 4.78 is 19.2. The molecule has 1 unspecified atom stereocenters. The molecule has 0 radical (unpaired) electrons. The average Bonchev–Trinajstić information content (AvgIpc) is 2.70. The summed E-state index contributed by atoms with van der Waals surface area (Å²) in [5.74, 6) is 0.932. The Hall–Kier alpha value is -1.13. The van der Waals surface area contributed by atoms with Gasteiger partial charge in [-0.1, -0.05) is 15.9 Å². The maximum absolute atomic E-state index is 13.1. The SMILES string of the molecule is Cc1ccc(C(O)Cc2cc(F)ccc2Br)o1. The molecule has 0 saturated heterocycles. The van der Waals surface area contributed by atoms with E-state index in [1.54, 1.807) is 18.2 Å². The first-order chi connectivity index (χ1) is 8.06. The van der Waals surface area contributed by atoms with Crippen molar-refractivity contribution in [3.63, 3.8) is 0 Å². The lowest BCUT2D eigenvalue weighted by atomic mass is 10.1. The molecule has 1 N–H and O–H groups in total. The maximum Gasteiger partial charge on any atom is 0.132 e. The number of aliphatic hydroxyl groups is 1. The summed E-state index contributed by atoms with van der Waals surface area (Å²) in [7, 11) is 0. The van der Waals surface area contributed by atoms with E-state index >= 15 is 0 Å². The van der Waals surface area contributed by atoms with E-state index in [1.165, 1.54) is 12.1 Å². The van der Waals surface area contributed by atoms with Crippen LogP contribution in [0.2, 0.25) is 0 Å². The second-order valence-corrected chi connectivity index (χ2v) is 4.76. The normalized spacial score (nSPS) is 12.7. The molecule has 1 aromatic carbocycles. The smallest absolute Gasteiger partial charge is 0.132 e. The Morgan fingerprint density at radius 1 is 1.35 bits per heavy atom. The molecule has 1 aromatic heterocycles. The van der Waals surface area contributed by atoms with Gasteiger partial charge in [0.15, 0.2) is 0 Å². The lowest BCUT2D eigenvalue weighted by molar-refractivity contribution is 0.148. The van der Waals surface area contributed by atoms with Gasteiger partial charge in [-0.05, 0) is 42.8 Å². The molecule has 0 aliphatic heterocycles. The molecule has 4 heteroatoms. The van der Waals surface area contributed by atoms with Crippen LogP contribution in [0, 0.1) is 12.7 Å². The molecular weight excluding hydrogens is 287 g/mol. The second kappa shape index (κ2) is 5.02. The Kier molecular flexibility index (Phi) is 3.64. The molecule has 1 atom stereocenters. The van der Waals surface area contributed by atoms with Gasteiger partial charge in [0.1, 0.15) is 23.4 Å². The summed E-state index contributed by atoms with van der Waals surface area (Å²) >= 11 is 3.33. The van der Waals surface area contributed by atoms with Crippen LogP contribution in [0.25, 0.3) is 0 Å². The van der Waals surface area contributed by atoms with Gasteiger partial charge in [-0.25, -0.2) is 4.39 Å². The quantitative estimate of drug-likeness (QED) is 0.936. The van der Waals surface area contributed by atoms with E-state index in [0.717, 1.165) is 10.2 Å². The zero-order chi connectivity index (χ0) is 12.4. The molecule has 0 amide bonds. The van der Waals surface area contributed by atoms with Crippen LogP contribution in [-0.4, -0.2) is 5.11 Å². The number of halogens is 2. The number of aryl methyl sites for hydroxylation is 1. The van der Waals surface area contributed by atoms with E-state index in [0.29, 0.717) is 17.7 Å². The first-order valence-corrected chi connectivity index (χ1v) is 6.04. The maximum atomic E-state index is 13.1. The van der Waals surface area contributed by atoms with Gasteiger partial charge in [0.25, 0.3) is 0 Å². The standard InChI is InChI=1S/C13H12BrFO2/c1-8-2-5-13(17-8)12(16)7-9-6-10(15)3-4-11(9)14/h2-6,12,16H,7H2,1H3. The molecule has 0 aliphatic carbocycles. The number of hydrogen-bond acceptors (Lipinski definition) is 2. The monoisotopic (exact) mass is 298 g/mol. The first kappa shape index (κ1) is 12.3. The van der Waals surface area contributed by atoms with Crippen molar-refractivity contribution in [2.75, 3.05) is 0 Å². The minimum Gasteiger partial charge on any atom is -0.464 e. The molecule has 90 valence electrons. The third kappa shape index (κ3) is 2.96. The molecule has 2 rings (SSSR count). The van der Waals surface area contributed by atoms with Gasteiger partial charge in [0, 0.05) is 10.9 Å². The van der Waals surface area contributed by atoms with Crippen molar-refractivity contribution in [2.24, 2.45) is 0 Å². The predicted octanol–water partition coefficient (Wildman–Crippen LogP) is 3.77. The zero-order valence-corrected chi connectivity index (χ0v) is 10.9. The molecule has 2 nitrogen and oxygen atoms in total. The van der Waals surface area contributed by atoms with Crippen LogP contribution >= 0.6 is 15.9 Å². The summed E-state index contributed by atoms with van der Waals surface area (Å²) in [5.41, 5.74) is 0.714. The number of furan rings is 1. The number of aliphatic hydroxyl groups excluding tert-OH is 1. The van der Waals surface area contributed by atoms with Crippen LogP contribution < -0.4 is 0 Å². The van der Waals surface area contributed by atoms with Crippen LogP contribution in [0.4, 0.5) is 4.39 Å². The minimum absolute atomic E-state index is 0.311. The Balaban J connectivity index is 2.18. The Bertz CT molecular complexity index is 522. The van der Waals surface area contributed by atoms with E-state index < -0.39 is 6.10 Å². The number of rotatable bonds is 3. The lowest BCUT2D eigenvalue weighted by Gasteiger charge is -2.09. The molecule has 0 aliphatic rings. The van der Waals surface area contributed by atoms with Gasteiger partial charge in [0.2, 0.25) is 0 Å². The fourth-order valence-electron chi connectivity index (χ4n) is 1.64. The van der Waals surface area contributed by atoms with Gasteiger partial charge >= 0.3 is 0 Å². The largest absolute Gasteiger partial charge is 0.464 e. The van der Waals surface area contributed by atoms with Gasteiger partial charge in [-0.3, -0.25) is 0 Å². The summed E-state index contributed by atoms with van der Waals surface area (Å²) in [6.45, 7) is 1.81. The van der Waals surface area contributed by atoms with Crippen molar-refractivity contribution in [1.29, 1.82) is 0 Å². The van der Waals surface area contributed by atoms with Crippen molar-refractivity contribution >= 4 is 15.9 Å². The van der Waals surface area contributed by atoms with Crippen molar-refractivity contribution in [2.45, 2.75) is 19.4 Å². The third-order valence-corrected chi connectivity index (χ3v) is 3.28. The fraction of sp³-hybridized carbons (Fsp3) is 0.231. The summed E-state index contributed by atoms with van der Waals surface area (Å²) in [6, 6.07) is 7.93. The van der Waals surface area contributed by atoms with Crippen molar-refractivity contribution in [1.82, 2.24) is 0 Å². The molecule has 0 fully saturated rings. The van der Waals surface area contributed by atoms with Crippen LogP contribution in [0.3, 0.4) is 0 Å². The molecule has 17 heavy (non-hydrogen) atoms. The van der Waals surface area contributed by atoms with E-state index in [9.17, 15) is 9.50 Å². The highest BCUT2D eigenvalue weighted by Crippen LogP contribution is 2.25. The van der Waals surface area contributed by atoms with Gasteiger partial charge < -0.3 is 9.52 Å². The molecule has 2 aromatic rings. The Morgan fingerprint density at radius 2 is 2.12 bits per heavy atom. The van der Waals surface area contributed by atoms with Gasteiger partial charge in [-0.2, -0.15) is 0 Å². The topological polar surface area (TPSA) is 33.4 Å². The highest BCUT2D eigenvalue weighted by Gasteiger charge is 2.14. The van der Waals surface area contributed by atoms with Crippen LogP contribution in [0.5, 0.6) is 0 Å². The van der Waals surface area contributed by atoms with Crippen molar-refractivity contribution in [3.8, 4) is 0 Å². The fourth-order valence-corrected chi connectivity index (χ4v) is 2.05. The molecule has 0 saturated carbocycles. The van der Waals surface area contributed by atoms with Crippen LogP contribution in [-0.2, 0) is 6.42 Å². The summed E-state index contributed by atoms with van der Waals surface area (Å²) in [5, 5.41) is 9.97. The molecule has 0 spiro atoms. The summed E-state index contributed by atoms with van der Waals surface area (Å²) in [6.07, 6.45) is -0.451. The van der Waals surface area contributed by atoms with Gasteiger partial charge in [-0.15, -0.1) is 0 Å². The minimum atomic E-state index is -0.762. The average molecular weight is 299 g/mol. The zero-order valence-electron chi connectivity index (χ0n) is 9.28.